The van der Waals surface area contributed by atoms with Gasteiger partial charge in [-0.15, -0.1) is 0 Å². The van der Waals surface area contributed by atoms with Gasteiger partial charge in [0.25, 0.3) is 5.91 Å². The van der Waals surface area contributed by atoms with Gasteiger partial charge in [0.2, 0.25) is 0 Å². The molecule has 0 spiro atoms. The van der Waals surface area contributed by atoms with Gasteiger partial charge in [0, 0.05) is 11.0 Å². The molecular weight excluding hydrogens is 376 g/mol. The number of unbranched alkanes of at least 4 members (excludes halogenated alkanes) is 2. The zero-order chi connectivity index (χ0) is 18.7. The van der Waals surface area contributed by atoms with Crippen molar-refractivity contribution in [2.75, 3.05) is 12.3 Å². The molecule has 0 bridgehead atoms. The molecule has 5 nitrogen and oxygen atoms in total. The molecule has 2 aliphatic heterocycles. The summed E-state index contributed by atoms with van der Waals surface area (Å²) in [6.07, 6.45) is 9.87. The number of nitrogens with zero attached hydrogens (tertiary/aromatic N) is 1. The van der Waals surface area contributed by atoms with Gasteiger partial charge in [-0.3, -0.25) is 4.79 Å². The van der Waals surface area contributed by atoms with Crippen molar-refractivity contribution in [1.29, 1.82) is 0 Å². The topological polar surface area (TPSA) is 83.8 Å². The summed E-state index contributed by atoms with van der Waals surface area (Å²) < 4.78 is 0. The van der Waals surface area contributed by atoms with Gasteiger partial charge in [0.15, 0.2) is 0 Å². The van der Waals surface area contributed by atoms with E-state index >= 15 is 0 Å². The summed E-state index contributed by atoms with van der Waals surface area (Å²) in [6, 6.07) is 5.58. The van der Waals surface area contributed by atoms with E-state index in [2.05, 4.69) is 21.1 Å². The second kappa shape index (κ2) is 8.45. The van der Waals surface area contributed by atoms with Gasteiger partial charge in [0.1, 0.15) is 11.3 Å². The average Bonchev–Trinajstić information content (AvgIpc) is 3.41. The minimum Gasteiger partial charge on any atom is -0.366 e. The van der Waals surface area contributed by atoms with Crippen molar-refractivity contribution in [1.82, 2.24) is 15.3 Å². The SMILES string of the molecule is NC(=O)c1cccc2[nH]c(C3(CCCCC[C@@H]4CCSS4)CCCN3)nc12. The molecule has 2 saturated heterocycles. The Balaban J connectivity index is 1.44. The number of hydrogen-bond acceptors (Lipinski definition) is 5. The number of H-pyrrole nitrogens is 1. The molecule has 0 radical (unpaired) electrons. The fraction of sp³-hybridized carbons (Fsp3) is 0.600. The van der Waals surface area contributed by atoms with Gasteiger partial charge in [-0.1, -0.05) is 46.9 Å². The monoisotopic (exact) mass is 404 g/mol. The first-order valence-corrected chi connectivity index (χ1v) is 12.4. The number of hydrogen-bond donors (Lipinski definition) is 3. The lowest BCUT2D eigenvalue weighted by Gasteiger charge is -2.27. The number of benzene rings is 1. The van der Waals surface area contributed by atoms with Crippen LogP contribution in [0.25, 0.3) is 11.0 Å². The molecule has 1 unspecified atom stereocenters. The van der Waals surface area contributed by atoms with E-state index in [4.69, 9.17) is 10.7 Å². The largest absolute Gasteiger partial charge is 0.366 e. The first-order valence-electron chi connectivity index (χ1n) is 10.0. The van der Waals surface area contributed by atoms with Gasteiger partial charge in [-0.05, 0) is 50.8 Å². The average molecular weight is 405 g/mol. The van der Waals surface area contributed by atoms with Crippen LogP contribution in [0.3, 0.4) is 0 Å². The van der Waals surface area contributed by atoms with Crippen LogP contribution >= 0.6 is 21.6 Å². The highest BCUT2D eigenvalue weighted by molar-refractivity contribution is 8.77. The smallest absolute Gasteiger partial charge is 0.250 e. The number of aromatic amines is 1. The standard InChI is InChI=1S/C20H28N4OS2/c21-18(25)15-7-4-8-16-17(15)24-19(23-16)20(11-5-12-22-20)10-3-1-2-6-14-9-13-26-27-14/h4,7-8,14,22H,1-3,5-6,9-13H2,(H2,21,25)(H,23,24)/t14-,20?/m1/s1. The molecule has 7 heteroatoms. The molecule has 2 atom stereocenters. The van der Waals surface area contributed by atoms with Crippen LogP contribution in [0.2, 0.25) is 0 Å². The molecule has 1 aromatic heterocycles. The van der Waals surface area contributed by atoms with Crippen LogP contribution in [0.4, 0.5) is 0 Å². The van der Waals surface area contributed by atoms with Crippen LogP contribution in [0.1, 0.15) is 67.5 Å². The highest BCUT2D eigenvalue weighted by atomic mass is 33.1. The number of nitrogens with one attached hydrogen (secondary N) is 2. The van der Waals surface area contributed by atoms with Crippen molar-refractivity contribution < 1.29 is 4.79 Å². The third-order valence-corrected chi connectivity index (χ3v) is 8.84. The minimum atomic E-state index is -0.421. The number of carbonyl (C=O) groups is 1. The van der Waals surface area contributed by atoms with Crippen molar-refractivity contribution in [3.8, 4) is 0 Å². The Morgan fingerprint density at radius 2 is 2.26 bits per heavy atom. The molecule has 27 heavy (non-hydrogen) atoms. The maximum absolute atomic E-state index is 11.7. The van der Waals surface area contributed by atoms with E-state index in [9.17, 15) is 4.79 Å². The van der Waals surface area contributed by atoms with E-state index in [-0.39, 0.29) is 5.54 Å². The maximum atomic E-state index is 11.7. The van der Waals surface area contributed by atoms with Crippen molar-refractivity contribution in [2.24, 2.45) is 5.73 Å². The lowest BCUT2D eigenvalue weighted by atomic mass is 9.89. The van der Waals surface area contributed by atoms with E-state index < -0.39 is 5.91 Å². The van der Waals surface area contributed by atoms with E-state index in [1.165, 1.54) is 37.9 Å². The van der Waals surface area contributed by atoms with Gasteiger partial charge < -0.3 is 16.0 Å². The number of rotatable bonds is 8. The van der Waals surface area contributed by atoms with Gasteiger partial charge in [0.05, 0.1) is 16.6 Å². The maximum Gasteiger partial charge on any atom is 0.250 e. The van der Waals surface area contributed by atoms with Crippen molar-refractivity contribution in [3.05, 3.63) is 29.6 Å². The van der Waals surface area contributed by atoms with Crippen molar-refractivity contribution in [3.63, 3.8) is 0 Å². The fourth-order valence-corrected chi connectivity index (χ4v) is 7.37. The van der Waals surface area contributed by atoms with Crippen LogP contribution in [-0.4, -0.2) is 33.4 Å². The predicted molar refractivity (Wildman–Crippen MR) is 115 cm³/mol. The number of nitrogens with two attached hydrogens (primary N) is 1. The molecule has 2 fully saturated rings. The van der Waals surface area contributed by atoms with Gasteiger partial charge in [-0.25, -0.2) is 4.98 Å². The first kappa shape index (κ1) is 19.2. The lowest BCUT2D eigenvalue weighted by molar-refractivity contribution is 0.100. The summed E-state index contributed by atoms with van der Waals surface area (Å²) in [5, 5.41) is 4.58. The van der Waals surface area contributed by atoms with Gasteiger partial charge >= 0.3 is 0 Å². The summed E-state index contributed by atoms with van der Waals surface area (Å²) in [5.41, 5.74) is 7.52. The number of primary amides is 1. The molecule has 4 N–H and O–H groups in total. The summed E-state index contributed by atoms with van der Waals surface area (Å²) in [5.74, 6) is 1.86. The molecule has 3 heterocycles. The number of aromatic nitrogens is 2. The summed E-state index contributed by atoms with van der Waals surface area (Å²) in [7, 11) is 4.11. The molecule has 146 valence electrons. The minimum absolute atomic E-state index is 0.0914. The summed E-state index contributed by atoms with van der Waals surface area (Å²) >= 11 is 0. The number of amides is 1. The molecule has 4 rings (SSSR count). The van der Waals surface area contributed by atoms with E-state index in [0.29, 0.717) is 11.1 Å². The van der Waals surface area contributed by atoms with Gasteiger partial charge in [-0.2, -0.15) is 0 Å². The third-order valence-electron chi connectivity index (χ3n) is 5.83. The zero-order valence-electron chi connectivity index (χ0n) is 15.6. The fourth-order valence-electron chi connectivity index (χ4n) is 4.34. The molecule has 1 amide bonds. The van der Waals surface area contributed by atoms with Crippen LogP contribution in [-0.2, 0) is 5.54 Å². The van der Waals surface area contributed by atoms with Crippen molar-refractivity contribution >= 4 is 38.5 Å². The van der Waals surface area contributed by atoms with Crippen molar-refractivity contribution in [2.45, 2.75) is 62.2 Å². The predicted octanol–water partition coefficient (Wildman–Crippen LogP) is 4.34. The van der Waals surface area contributed by atoms with E-state index in [1.54, 1.807) is 6.07 Å². The molecule has 1 aromatic carbocycles. The second-order valence-corrected chi connectivity index (χ2v) is 10.5. The Kier molecular flexibility index (Phi) is 5.99. The normalized spacial score (nSPS) is 25.4. The zero-order valence-corrected chi connectivity index (χ0v) is 17.3. The highest BCUT2D eigenvalue weighted by Crippen LogP contribution is 2.40. The summed E-state index contributed by atoms with van der Waals surface area (Å²) in [4.78, 5) is 20.0. The molecular formula is C20H28N4OS2. The van der Waals surface area contributed by atoms with Crippen LogP contribution in [0.15, 0.2) is 18.2 Å². The number of fused-ring (bicyclic) bond motifs is 1. The Morgan fingerprint density at radius 3 is 3.00 bits per heavy atom. The lowest BCUT2D eigenvalue weighted by Crippen LogP contribution is -2.37. The molecule has 0 aliphatic carbocycles. The number of carbonyl (C=O) groups excluding carboxylic acids is 1. The Morgan fingerprint density at radius 1 is 1.33 bits per heavy atom. The highest BCUT2D eigenvalue weighted by Gasteiger charge is 2.37. The third kappa shape index (κ3) is 4.15. The molecule has 0 saturated carbocycles. The number of para-hydroxylation sites is 1. The first-order chi connectivity index (χ1) is 13.2. The number of imidazole rings is 1. The van der Waals surface area contributed by atoms with Crippen LogP contribution in [0.5, 0.6) is 0 Å². The summed E-state index contributed by atoms with van der Waals surface area (Å²) in [6.45, 7) is 1.02. The quantitative estimate of drug-likeness (QED) is 0.450. The van der Waals surface area contributed by atoms with Crippen LogP contribution in [0, 0.1) is 0 Å². The van der Waals surface area contributed by atoms with E-state index in [1.807, 2.05) is 22.9 Å². The Labute approximate surface area is 168 Å². The molecule has 2 aromatic rings. The van der Waals surface area contributed by atoms with Crippen LogP contribution < -0.4 is 11.1 Å². The molecule has 2 aliphatic rings. The Hall–Kier alpha value is -1.18. The van der Waals surface area contributed by atoms with E-state index in [0.717, 1.165) is 42.4 Å². The second-order valence-electron chi connectivity index (χ2n) is 7.69. The Bertz CT molecular complexity index is 794.